The summed E-state index contributed by atoms with van der Waals surface area (Å²) in [5, 5.41) is 65.6. The molecule has 1 fully saturated rings. The first kappa shape index (κ1) is 62.1. The molecule has 1 rings (SSSR count). The normalized spacial score (nSPS) is 20.4. The Bertz CT molecular complexity index is 1010. The first-order valence-corrected chi connectivity index (χ1v) is 28.0. The van der Waals surface area contributed by atoms with Crippen LogP contribution in [0, 0.1) is 0 Å². The number of nitrogens with zero attached hydrogens (tertiary/aromatic N) is 1. The highest BCUT2D eigenvalue weighted by molar-refractivity contribution is 5.76. The molecule has 1 aliphatic rings. The predicted molar refractivity (Wildman–Crippen MR) is 268 cm³/mol. The number of hydrogen-bond donors (Lipinski definition) is 7. The van der Waals surface area contributed by atoms with Crippen LogP contribution in [0.2, 0.25) is 0 Å². The molecule has 1 heterocycles. The van der Waals surface area contributed by atoms with Crippen molar-refractivity contribution in [3.05, 3.63) is 0 Å². The summed E-state index contributed by atoms with van der Waals surface area (Å²) in [6.07, 6.45) is 34.7. The van der Waals surface area contributed by atoms with E-state index in [0.29, 0.717) is 6.42 Å². The summed E-state index contributed by atoms with van der Waals surface area (Å²) in [4.78, 5) is 15.9. The number of aliphatic hydroxyl groups is 6. The first-order chi connectivity index (χ1) is 31.7. The van der Waals surface area contributed by atoms with Crippen LogP contribution in [0.5, 0.6) is 0 Å². The fourth-order valence-corrected chi connectivity index (χ4v) is 9.32. The molecule has 7 N–H and O–H groups in total. The molecule has 65 heavy (non-hydrogen) atoms. The Labute approximate surface area is 400 Å². The van der Waals surface area contributed by atoms with Gasteiger partial charge in [0.25, 0.3) is 0 Å². The maximum absolute atomic E-state index is 13.1. The second-order valence-corrected chi connectivity index (χ2v) is 20.0. The van der Waals surface area contributed by atoms with Crippen molar-refractivity contribution in [2.45, 2.75) is 307 Å². The van der Waals surface area contributed by atoms with Gasteiger partial charge in [0.2, 0.25) is 5.91 Å². The number of hydrogen-bond acceptors (Lipinski definition) is 10. The molecule has 388 valence electrons. The van der Waals surface area contributed by atoms with E-state index >= 15 is 0 Å². The van der Waals surface area contributed by atoms with Crippen molar-refractivity contribution < 1.29 is 44.9 Å². The molecule has 0 aromatic carbocycles. The van der Waals surface area contributed by atoms with E-state index in [1.165, 1.54) is 193 Å². The van der Waals surface area contributed by atoms with Gasteiger partial charge in [-0.1, -0.05) is 220 Å². The van der Waals surface area contributed by atoms with Gasteiger partial charge >= 0.3 is 0 Å². The van der Waals surface area contributed by atoms with Gasteiger partial charge in [0.1, 0.15) is 30.5 Å². The summed E-state index contributed by atoms with van der Waals surface area (Å²) in [6.45, 7) is 9.69. The number of rotatable bonds is 48. The molecule has 1 saturated heterocycles. The molecule has 0 aliphatic carbocycles. The van der Waals surface area contributed by atoms with Crippen LogP contribution in [0.1, 0.15) is 258 Å². The highest BCUT2D eigenvalue weighted by atomic mass is 16.7. The molecule has 0 bridgehead atoms. The van der Waals surface area contributed by atoms with Crippen molar-refractivity contribution >= 4 is 5.91 Å². The maximum atomic E-state index is 13.1. The topological polar surface area (TPSA) is 172 Å². The minimum Gasteiger partial charge on any atom is -0.394 e. The van der Waals surface area contributed by atoms with Crippen molar-refractivity contribution in [3.63, 3.8) is 0 Å². The number of carbonyl (C=O) groups excluding carboxylic acids is 1. The molecule has 0 aromatic heterocycles. The van der Waals surface area contributed by atoms with Gasteiger partial charge in [-0.25, -0.2) is 0 Å². The van der Waals surface area contributed by atoms with Crippen molar-refractivity contribution in [1.82, 2.24) is 10.2 Å². The highest BCUT2D eigenvalue weighted by Gasteiger charge is 2.44. The van der Waals surface area contributed by atoms with Crippen molar-refractivity contribution in [2.24, 2.45) is 0 Å². The second-order valence-electron chi connectivity index (χ2n) is 20.0. The van der Waals surface area contributed by atoms with Crippen LogP contribution in [-0.4, -0.2) is 123 Å². The van der Waals surface area contributed by atoms with Gasteiger partial charge in [-0.15, -0.1) is 0 Å². The summed E-state index contributed by atoms with van der Waals surface area (Å²) in [5.41, 5.74) is 0. The predicted octanol–water partition coefficient (Wildman–Crippen LogP) is 10.8. The molecule has 0 saturated carbocycles. The second kappa shape index (κ2) is 44.3. The molecule has 0 spiro atoms. The van der Waals surface area contributed by atoms with Gasteiger partial charge in [0.15, 0.2) is 6.29 Å². The standard InChI is InChI=1S/C54H108N2O9/c1-4-7-10-13-16-17-18-19-21-24-29-34-39-47(58)50(60)46(45-64-54-53(63)52(62)51(61)48(44-57)65-54)55-49(59)40-35-30-25-22-20-23-28-33-38-43-56(41-36-31-26-14-11-8-5-2)42-37-32-27-15-12-9-6-3/h46-48,50-54,57-58,60-63H,4-45H2,1-3H3,(H,55,59)/t46-,47+,48+,50-,51-,52-,53+,54-/m0/s1. The average Bonchev–Trinajstić information content (AvgIpc) is 3.30. The van der Waals surface area contributed by atoms with Crippen LogP contribution >= 0.6 is 0 Å². The van der Waals surface area contributed by atoms with Gasteiger partial charge in [0.05, 0.1) is 25.4 Å². The van der Waals surface area contributed by atoms with E-state index in [1.807, 2.05) is 0 Å². The summed E-state index contributed by atoms with van der Waals surface area (Å²) in [7, 11) is 0. The molecular formula is C54H108N2O9. The van der Waals surface area contributed by atoms with Gasteiger partial charge in [-0.05, 0) is 51.7 Å². The van der Waals surface area contributed by atoms with E-state index in [-0.39, 0.29) is 18.9 Å². The van der Waals surface area contributed by atoms with Crippen LogP contribution in [0.15, 0.2) is 0 Å². The number of carbonyl (C=O) groups is 1. The third kappa shape index (κ3) is 33.3. The lowest BCUT2D eigenvalue weighted by Gasteiger charge is -2.40. The Morgan fingerprint density at radius 2 is 0.892 bits per heavy atom. The van der Waals surface area contributed by atoms with E-state index in [4.69, 9.17) is 9.47 Å². The van der Waals surface area contributed by atoms with Crippen LogP contribution in [0.3, 0.4) is 0 Å². The maximum Gasteiger partial charge on any atom is 0.220 e. The molecule has 0 radical (unpaired) electrons. The van der Waals surface area contributed by atoms with Gasteiger partial charge in [-0.3, -0.25) is 4.79 Å². The summed E-state index contributed by atoms with van der Waals surface area (Å²) in [6, 6.07) is -0.991. The lowest BCUT2D eigenvalue weighted by atomic mass is 9.98. The van der Waals surface area contributed by atoms with Gasteiger partial charge in [-0.2, -0.15) is 0 Å². The molecule has 1 amide bonds. The zero-order valence-corrected chi connectivity index (χ0v) is 42.7. The van der Waals surface area contributed by atoms with Gasteiger partial charge < -0.3 is 50.3 Å². The van der Waals surface area contributed by atoms with Crippen molar-refractivity contribution in [2.75, 3.05) is 32.8 Å². The van der Waals surface area contributed by atoms with Gasteiger partial charge in [0, 0.05) is 6.42 Å². The minimum atomic E-state index is -1.61. The quantitative estimate of drug-likeness (QED) is 0.0291. The van der Waals surface area contributed by atoms with Crippen LogP contribution in [-0.2, 0) is 14.3 Å². The SMILES string of the molecule is CCCCCCCCCCCCCC[C@@H](O)[C@@H](O)[C@H](CO[C@H]1O[C@H](CO)[C@H](O)[C@H](O)[C@H]1O)NC(=O)CCCCCCCCCCCN(CCCCCCCCC)CCCCCCCCC. The Balaban J connectivity index is 2.43. The first-order valence-electron chi connectivity index (χ1n) is 28.0. The molecule has 0 aromatic rings. The fourth-order valence-electron chi connectivity index (χ4n) is 9.32. The number of unbranched alkanes of at least 4 members (excludes halogenated alkanes) is 31. The van der Waals surface area contributed by atoms with Crippen LogP contribution in [0.25, 0.3) is 0 Å². The number of nitrogens with one attached hydrogen (secondary N) is 1. The lowest BCUT2D eigenvalue weighted by molar-refractivity contribution is -0.303. The number of aliphatic hydroxyl groups excluding tert-OH is 6. The zero-order chi connectivity index (χ0) is 47.6. The molecule has 0 unspecified atom stereocenters. The minimum absolute atomic E-state index is 0.253. The summed E-state index contributed by atoms with van der Waals surface area (Å²) >= 11 is 0. The van der Waals surface area contributed by atoms with Crippen LogP contribution < -0.4 is 5.32 Å². The smallest absolute Gasteiger partial charge is 0.220 e. The molecule has 11 heteroatoms. The Morgan fingerprint density at radius 3 is 1.29 bits per heavy atom. The van der Waals surface area contributed by atoms with E-state index in [1.54, 1.807) is 0 Å². The molecule has 1 aliphatic heterocycles. The largest absolute Gasteiger partial charge is 0.394 e. The average molecular weight is 929 g/mol. The lowest BCUT2D eigenvalue weighted by Crippen LogP contribution is -2.60. The zero-order valence-electron chi connectivity index (χ0n) is 42.7. The van der Waals surface area contributed by atoms with E-state index in [2.05, 4.69) is 31.0 Å². The Hall–Kier alpha value is -0.890. The Kier molecular flexibility index (Phi) is 42.4. The molecule has 8 atom stereocenters. The third-order valence-electron chi connectivity index (χ3n) is 13.8. The molecular weight excluding hydrogens is 821 g/mol. The van der Waals surface area contributed by atoms with Crippen molar-refractivity contribution in [3.8, 4) is 0 Å². The van der Waals surface area contributed by atoms with E-state index in [0.717, 1.165) is 51.4 Å². The van der Waals surface area contributed by atoms with Crippen LogP contribution in [0.4, 0.5) is 0 Å². The number of amides is 1. The number of ether oxygens (including phenoxy) is 2. The van der Waals surface area contributed by atoms with E-state index in [9.17, 15) is 35.4 Å². The third-order valence-corrected chi connectivity index (χ3v) is 13.8. The van der Waals surface area contributed by atoms with E-state index < -0.39 is 55.6 Å². The summed E-state index contributed by atoms with van der Waals surface area (Å²) < 4.78 is 11.2. The monoisotopic (exact) mass is 929 g/mol. The Morgan fingerprint density at radius 1 is 0.523 bits per heavy atom. The highest BCUT2D eigenvalue weighted by Crippen LogP contribution is 2.23. The summed E-state index contributed by atoms with van der Waals surface area (Å²) in [5.74, 6) is -0.253. The van der Waals surface area contributed by atoms with Crippen molar-refractivity contribution in [1.29, 1.82) is 0 Å². The molecule has 11 nitrogen and oxygen atoms in total. The fraction of sp³-hybridized carbons (Fsp3) is 0.981.